The third-order valence-corrected chi connectivity index (χ3v) is 4.05. The van der Waals surface area contributed by atoms with E-state index in [4.69, 9.17) is 0 Å². The molecule has 2 N–H and O–H groups in total. The lowest BCUT2D eigenvalue weighted by molar-refractivity contribution is -0.121. The Bertz CT molecular complexity index is 702. The topological polar surface area (TPSA) is 84.0 Å². The molecule has 0 saturated heterocycles. The van der Waals surface area contributed by atoms with Crippen molar-refractivity contribution < 1.29 is 14.0 Å². The summed E-state index contributed by atoms with van der Waals surface area (Å²) in [5.41, 5.74) is 0.101. The van der Waals surface area contributed by atoms with Gasteiger partial charge in [0.05, 0.1) is 5.69 Å². The summed E-state index contributed by atoms with van der Waals surface area (Å²) >= 11 is 1.30. The summed E-state index contributed by atoms with van der Waals surface area (Å²) in [6.45, 7) is 3.97. The smallest absolute Gasteiger partial charge is 0.226 e. The minimum Gasteiger partial charge on any atom is -0.324 e. The van der Waals surface area contributed by atoms with E-state index in [1.54, 1.807) is 6.07 Å². The molecule has 8 heteroatoms. The van der Waals surface area contributed by atoms with Crippen LogP contribution >= 0.6 is 11.3 Å². The Morgan fingerprint density at radius 2 is 1.78 bits per heavy atom. The van der Waals surface area contributed by atoms with Crippen molar-refractivity contribution >= 4 is 34.0 Å². The van der Waals surface area contributed by atoms with Crippen molar-refractivity contribution in [1.82, 2.24) is 10.2 Å². The predicted octanol–water partition coefficient (Wildman–Crippen LogP) is 3.16. The van der Waals surface area contributed by atoms with Gasteiger partial charge in [-0.3, -0.25) is 9.59 Å². The van der Waals surface area contributed by atoms with Crippen molar-refractivity contribution in [3.8, 4) is 0 Å². The second-order valence-electron chi connectivity index (χ2n) is 5.18. The first-order chi connectivity index (χ1) is 11.0. The Hall–Kier alpha value is -2.35. The van der Waals surface area contributed by atoms with Gasteiger partial charge >= 0.3 is 0 Å². The normalized spacial score (nSPS) is 10.6. The zero-order chi connectivity index (χ0) is 16.8. The highest BCUT2D eigenvalue weighted by Crippen LogP contribution is 2.22. The number of nitrogens with zero attached hydrogens (tertiary/aromatic N) is 2. The number of benzene rings is 1. The highest BCUT2D eigenvalue weighted by molar-refractivity contribution is 7.15. The lowest BCUT2D eigenvalue weighted by Gasteiger charge is -2.05. The molecule has 0 atom stereocenters. The first-order valence-corrected chi connectivity index (χ1v) is 7.95. The lowest BCUT2D eigenvalue weighted by atomic mass is 10.2. The Labute approximate surface area is 137 Å². The molecule has 1 heterocycles. The summed E-state index contributed by atoms with van der Waals surface area (Å²) < 4.78 is 13.4. The molecule has 0 aliphatic carbocycles. The molecule has 0 fully saturated rings. The molecule has 0 spiro atoms. The number of hydrogen-bond donors (Lipinski definition) is 2. The first-order valence-electron chi connectivity index (χ1n) is 7.13. The Morgan fingerprint density at radius 3 is 2.39 bits per heavy atom. The van der Waals surface area contributed by atoms with Crippen LogP contribution in [0.5, 0.6) is 0 Å². The minimum atomic E-state index is -0.514. The van der Waals surface area contributed by atoms with Crippen LogP contribution in [0.3, 0.4) is 0 Å². The molecule has 0 bridgehead atoms. The molecule has 0 unspecified atom stereocenters. The Kier molecular flexibility index (Phi) is 5.75. The molecule has 6 nitrogen and oxygen atoms in total. The summed E-state index contributed by atoms with van der Waals surface area (Å²) in [6.07, 6.45) is -0.0626. The van der Waals surface area contributed by atoms with Gasteiger partial charge in [0.1, 0.15) is 10.8 Å². The van der Waals surface area contributed by atoms with E-state index >= 15 is 0 Å². The van der Waals surface area contributed by atoms with E-state index in [-0.39, 0.29) is 30.4 Å². The maximum atomic E-state index is 13.4. The average molecular weight is 336 g/mol. The summed E-state index contributed by atoms with van der Waals surface area (Å²) in [6, 6.07) is 5.87. The minimum absolute atomic E-state index is 0.0170. The van der Waals surface area contributed by atoms with Gasteiger partial charge in [-0.2, -0.15) is 0 Å². The molecular weight excluding hydrogens is 319 g/mol. The molecule has 1 aromatic carbocycles. The van der Waals surface area contributed by atoms with Gasteiger partial charge in [0.25, 0.3) is 0 Å². The number of para-hydroxylation sites is 1. The number of anilines is 2. The van der Waals surface area contributed by atoms with Crippen LogP contribution in [0, 0.1) is 5.82 Å². The van der Waals surface area contributed by atoms with Crippen molar-refractivity contribution in [2.24, 2.45) is 0 Å². The van der Waals surface area contributed by atoms with Crippen LogP contribution in [-0.4, -0.2) is 22.0 Å². The molecule has 2 aromatic rings. The second-order valence-corrected chi connectivity index (χ2v) is 6.19. The number of nitrogens with one attached hydrogen (secondary N) is 2. The predicted molar refractivity (Wildman–Crippen MR) is 86.9 cm³/mol. The summed E-state index contributed by atoms with van der Waals surface area (Å²) in [7, 11) is 0. The summed E-state index contributed by atoms with van der Waals surface area (Å²) in [4.78, 5) is 23.5. The van der Waals surface area contributed by atoms with Crippen molar-refractivity contribution in [3.63, 3.8) is 0 Å². The van der Waals surface area contributed by atoms with Gasteiger partial charge in [-0.25, -0.2) is 4.39 Å². The monoisotopic (exact) mass is 336 g/mol. The van der Waals surface area contributed by atoms with Crippen molar-refractivity contribution in [2.45, 2.75) is 32.6 Å². The van der Waals surface area contributed by atoms with Gasteiger partial charge < -0.3 is 10.6 Å². The molecule has 1 aromatic heterocycles. The van der Waals surface area contributed by atoms with Crippen LogP contribution in [-0.2, 0) is 9.59 Å². The highest BCUT2D eigenvalue weighted by atomic mass is 32.1. The van der Waals surface area contributed by atoms with E-state index in [2.05, 4.69) is 20.8 Å². The van der Waals surface area contributed by atoms with Crippen LogP contribution < -0.4 is 10.6 Å². The number of aromatic nitrogens is 2. The number of hydrogen-bond acceptors (Lipinski definition) is 5. The van der Waals surface area contributed by atoms with Gasteiger partial charge in [0, 0.05) is 18.8 Å². The van der Waals surface area contributed by atoms with Crippen molar-refractivity contribution in [2.75, 3.05) is 10.6 Å². The van der Waals surface area contributed by atoms with Crippen LogP contribution in [0.25, 0.3) is 0 Å². The largest absolute Gasteiger partial charge is 0.324 e. The zero-order valence-electron chi connectivity index (χ0n) is 12.8. The molecule has 2 amide bonds. The van der Waals surface area contributed by atoms with Gasteiger partial charge in [-0.15, -0.1) is 10.2 Å². The Balaban J connectivity index is 1.79. The van der Waals surface area contributed by atoms with Crippen LogP contribution in [0.4, 0.5) is 15.2 Å². The van der Waals surface area contributed by atoms with E-state index < -0.39 is 11.7 Å². The molecule has 23 heavy (non-hydrogen) atoms. The number of rotatable bonds is 6. The van der Waals surface area contributed by atoms with E-state index in [0.29, 0.717) is 5.13 Å². The van der Waals surface area contributed by atoms with Crippen LogP contribution in [0.1, 0.15) is 37.6 Å². The quantitative estimate of drug-likeness (QED) is 0.849. The van der Waals surface area contributed by atoms with E-state index in [1.165, 1.54) is 29.5 Å². The van der Waals surface area contributed by atoms with Gasteiger partial charge in [-0.1, -0.05) is 37.3 Å². The van der Waals surface area contributed by atoms with E-state index in [0.717, 1.165) is 5.01 Å². The van der Waals surface area contributed by atoms with Gasteiger partial charge in [0.15, 0.2) is 0 Å². The highest BCUT2D eigenvalue weighted by Gasteiger charge is 2.12. The lowest BCUT2D eigenvalue weighted by Crippen LogP contribution is -2.17. The fourth-order valence-electron chi connectivity index (χ4n) is 1.70. The summed E-state index contributed by atoms with van der Waals surface area (Å²) in [5.74, 6) is -1.03. The van der Waals surface area contributed by atoms with Crippen LogP contribution in [0.2, 0.25) is 0 Å². The van der Waals surface area contributed by atoms with E-state index in [1.807, 2.05) is 13.8 Å². The van der Waals surface area contributed by atoms with Crippen molar-refractivity contribution in [1.29, 1.82) is 0 Å². The van der Waals surface area contributed by atoms with E-state index in [9.17, 15) is 14.0 Å². The van der Waals surface area contributed by atoms with Crippen LogP contribution in [0.15, 0.2) is 24.3 Å². The molecule has 0 aliphatic rings. The maximum absolute atomic E-state index is 13.4. The molecule has 0 saturated carbocycles. The molecule has 2 rings (SSSR count). The first kappa shape index (κ1) is 17.0. The molecule has 0 aliphatic heterocycles. The third kappa shape index (κ3) is 5.10. The number of carbonyl (C=O) groups is 2. The number of amides is 2. The Morgan fingerprint density at radius 1 is 1.13 bits per heavy atom. The molecule has 122 valence electrons. The molecular formula is C15H17FN4O2S. The SMILES string of the molecule is CC(C)c1nnc(NC(=O)CCC(=O)Nc2ccccc2F)s1. The maximum Gasteiger partial charge on any atom is 0.226 e. The zero-order valence-corrected chi connectivity index (χ0v) is 13.6. The molecule has 0 radical (unpaired) electrons. The fraction of sp³-hybridized carbons (Fsp3) is 0.333. The second kappa shape index (κ2) is 7.77. The standard InChI is InChI=1S/C15H17FN4O2S/c1-9(2)14-19-20-15(23-14)18-13(22)8-7-12(21)17-11-6-4-3-5-10(11)16/h3-6,9H,7-8H2,1-2H3,(H,17,21)(H,18,20,22). The number of halogens is 1. The van der Waals surface area contributed by atoms with Gasteiger partial charge in [0.2, 0.25) is 16.9 Å². The van der Waals surface area contributed by atoms with Gasteiger partial charge in [-0.05, 0) is 12.1 Å². The number of carbonyl (C=O) groups excluding carboxylic acids is 2. The average Bonchev–Trinajstić information content (AvgIpc) is 2.96. The fourth-order valence-corrected chi connectivity index (χ4v) is 2.46. The third-order valence-electron chi connectivity index (χ3n) is 2.91. The summed E-state index contributed by atoms with van der Waals surface area (Å²) in [5, 5.41) is 14.1. The van der Waals surface area contributed by atoms with Crippen molar-refractivity contribution in [3.05, 3.63) is 35.1 Å².